The third-order valence-electron chi connectivity index (χ3n) is 2.12. The minimum atomic E-state index is 0.0900. The van der Waals surface area contributed by atoms with E-state index >= 15 is 0 Å². The van der Waals surface area contributed by atoms with E-state index in [2.05, 4.69) is 6.26 Å². The van der Waals surface area contributed by atoms with Crippen LogP contribution in [-0.2, 0) is 10.9 Å². The molecule has 0 spiro atoms. The molecule has 0 bridgehead atoms. The maximum Gasteiger partial charge on any atom is 0.211 e. The van der Waals surface area contributed by atoms with Crippen molar-refractivity contribution in [3.63, 3.8) is 0 Å². The molecule has 2 nitrogen and oxygen atoms in total. The molecule has 1 N–H and O–H groups in total. The van der Waals surface area contributed by atoms with Gasteiger partial charge in [0.2, 0.25) is 5.78 Å². The third kappa shape index (κ3) is 4.49. The second kappa shape index (κ2) is 6.64. The summed E-state index contributed by atoms with van der Waals surface area (Å²) in [7, 11) is 0.0900. The lowest BCUT2D eigenvalue weighted by molar-refractivity contribution is 0.102. The van der Waals surface area contributed by atoms with Crippen LogP contribution in [0.5, 0.6) is 0 Å². The quantitative estimate of drug-likeness (QED) is 0.588. The van der Waals surface area contributed by atoms with E-state index in [0.29, 0.717) is 5.75 Å². The van der Waals surface area contributed by atoms with Crippen LogP contribution in [0.1, 0.15) is 16.8 Å². The fraction of sp³-hybridized carbons (Fsp3) is 0.417. The van der Waals surface area contributed by atoms with E-state index in [9.17, 15) is 4.79 Å². The van der Waals surface area contributed by atoms with Gasteiger partial charge in [-0.2, -0.15) is 0 Å². The smallest absolute Gasteiger partial charge is 0.211 e. The maximum absolute atomic E-state index is 11.8. The highest BCUT2D eigenvalue weighted by molar-refractivity contribution is 7.96. The van der Waals surface area contributed by atoms with Crippen molar-refractivity contribution in [3.05, 3.63) is 35.9 Å². The molecule has 0 fully saturated rings. The van der Waals surface area contributed by atoms with Crippen LogP contribution >= 0.6 is 0 Å². The molecule has 0 aromatic heterocycles. The molecule has 0 aliphatic heterocycles. The second-order valence-electron chi connectivity index (χ2n) is 3.50. The van der Waals surface area contributed by atoms with Gasteiger partial charge < -0.3 is 5.11 Å². The fourth-order valence-corrected chi connectivity index (χ4v) is 2.69. The fourth-order valence-electron chi connectivity index (χ4n) is 1.31. The predicted molar refractivity (Wildman–Crippen MR) is 65.5 cm³/mol. The average molecular weight is 225 g/mol. The van der Waals surface area contributed by atoms with Gasteiger partial charge in [0.1, 0.15) is 5.75 Å². The first-order valence-electron chi connectivity index (χ1n) is 5.02. The van der Waals surface area contributed by atoms with Gasteiger partial charge in [0, 0.05) is 18.6 Å². The van der Waals surface area contributed by atoms with E-state index in [1.165, 1.54) is 0 Å². The Kier molecular flexibility index (Phi) is 5.43. The van der Waals surface area contributed by atoms with Crippen LogP contribution in [0.4, 0.5) is 0 Å². The highest BCUT2D eigenvalue weighted by atomic mass is 32.2. The van der Waals surface area contributed by atoms with E-state index in [1.807, 2.05) is 30.3 Å². The number of rotatable bonds is 6. The molecule has 0 saturated carbocycles. The molecule has 0 amide bonds. The van der Waals surface area contributed by atoms with Gasteiger partial charge in [-0.1, -0.05) is 30.3 Å². The zero-order chi connectivity index (χ0) is 11.1. The van der Waals surface area contributed by atoms with Crippen molar-refractivity contribution in [2.45, 2.75) is 6.42 Å². The van der Waals surface area contributed by atoms with E-state index in [-0.39, 0.29) is 23.3 Å². The van der Waals surface area contributed by atoms with Crippen molar-refractivity contribution in [2.75, 3.05) is 24.4 Å². The van der Waals surface area contributed by atoms with E-state index in [0.717, 1.165) is 17.7 Å². The lowest BCUT2D eigenvalue weighted by atomic mass is 10.2. The Morgan fingerprint density at radius 1 is 1.33 bits per heavy atom. The topological polar surface area (TPSA) is 37.3 Å². The number of carbonyl (C=O) groups excluding carboxylic acids is 1. The lowest BCUT2D eigenvalue weighted by Gasteiger charge is -2.02. The standard InChI is InChI=1S/C12H17O2S/c1-15(9-5-8-13)10-12(14)11-6-3-2-4-7-11/h2-4,6-7,13H,5,8-10H2,1H3/q+1. The van der Waals surface area contributed by atoms with E-state index in [4.69, 9.17) is 5.11 Å². The Balaban J connectivity index is 2.42. The van der Waals surface area contributed by atoms with Crippen molar-refractivity contribution in [2.24, 2.45) is 0 Å². The molecule has 1 rings (SSSR count). The Bertz CT molecular complexity index is 298. The summed E-state index contributed by atoms with van der Waals surface area (Å²) in [6.07, 6.45) is 2.87. The number of aliphatic hydroxyl groups excluding tert-OH is 1. The van der Waals surface area contributed by atoms with Crippen LogP contribution in [0.15, 0.2) is 30.3 Å². The number of ketones is 1. The summed E-state index contributed by atoms with van der Waals surface area (Å²) in [5.41, 5.74) is 0.792. The minimum absolute atomic E-state index is 0.0900. The van der Waals surface area contributed by atoms with Crippen molar-refractivity contribution >= 4 is 16.7 Å². The van der Waals surface area contributed by atoms with Crippen molar-refractivity contribution in [1.82, 2.24) is 0 Å². The van der Waals surface area contributed by atoms with Gasteiger partial charge >= 0.3 is 0 Å². The molecular formula is C12H17O2S+. The van der Waals surface area contributed by atoms with Gasteiger partial charge in [-0.25, -0.2) is 0 Å². The summed E-state index contributed by atoms with van der Waals surface area (Å²) in [4.78, 5) is 11.8. The number of hydrogen-bond donors (Lipinski definition) is 1. The third-order valence-corrected chi connectivity index (χ3v) is 3.86. The Hall–Kier alpha value is -0.800. The summed E-state index contributed by atoms with van der Waals surface area (Å²) < 4.78 is 0. The molecule has 0 aliphatic rings. The highest BCUT2D eigenvalue weighted by Crippen LogP contribution is 2.04. The Morgan fingerprint density at radius 3 is 2.60 bits per heavy atom. The first-order chi connectivity index (χ1) is 7.24. The number of benzene rings is 1. The Morgan fingerprint density at radius 2 is 2.00 bits per heavy atom. The summed E-state index contributed by atoms with van der Waals surface area (Å²) in [5, 5.41) is 8.69. The molecule has 0 saturated heterocycles. The molecule has 15 heavy (non-hydrogen) atoms. The summed E-state index contributed by atoms with van der Waals surface area (Å²) in [6, 6.07) is 9.38. The van der Waals surface area contributed by atoms with Crippen molar-refractivity contribution in [3.8, 4) is 0 Å². The van der Waals surface area contributed by atoms with Crippen LogP contribution < -0.4 is 0 Å². The zero-order valence-corrected chi connectivity index (χ0v) is 9.80. The van der Waals surface area contributed by atoms with E-state index < -0.39 is 0 Å². The molecule has 1 unspecified atom stereocenters. The SMILES string of the molecule is C[S+](CCCO)CC(=O)c1ccccc1. The monoisotopic (exact) mass is 225 g/mol. The van der Waals surface area contributed by atoms with Crippen LogP contribution in [0.25, 0.3) is 0 Å². The van der Waals surface area contributed by atoms with Gasteiger partial charge in [0.25, 0.3) is 0 Å². The maximum atomic E-state index is 11.8. The molecule has 3 heteroatoms. The number of hydrogen-bond acceptors (Lipinski definition) is 2. The zero-order valence-electron chi connectivity index (χ0n) is 8.98. The molecule has 0 aliphatic carbocycles. The van der Waals surface area contributed by atoms with Gasteiger partial charge in [0.05, 0.1) is 6.26 Å². The number of carbonyl (C=O) groups is 1. The summed E-state index contributed by atoms with van der Waals surface area (Å²) in [6.45, 7) is 0.219. The molecule has 1 aromatic rings. The Labute approximate surface area is 93.7 Å². The molecule has 0 heterocycles. The molecule has 82 valence electrons. The number of Topliss-reactive ketones (excluding diaryl/α,β-unsaturated/α-hetero) is 1. The van der Waals surface area contributed by atoms with Crippen LogP contribution in [-0.4, -0.2) is 35.3 Å². The van der Waals surface area contributed by atoms with Crippen LogP contribution in [0.2, 0.25) is 0 Å². The van der Waals surface area contributed by atoms with Gasteiger partial charge in [-0.15, -0.1) is 0 Å². The average Bonchev–Trinajstić information content (AvgIpc) is 2.27. The second-order valence-corrected chi connectivity index (χ2v) is 5.76. The summed E-state index contributed by atoms with van der Waals surface area (Å²) in [5.74, 6) is 1.75. The predicted octanol–water partition coefficient (Wildman–Crippen LogP) is 1.50. The first kappa shape index (κ1) is 12.3. The molecule has 0 radical (unpaired) electrons. The van der Waals surface area contributed by atoms with Gasteiger partial charge in [0.15, 0.2) is 5.75 Å². The van der Waals surface area contributed by atoms with Crippen LogP contribution in [0, 0.1) is 0 Å². The normalized spacial score (nSPS) is 12.4. The minimum Gasteiger partial charge on any atom is -0.396 e. The number of aliphatic hydroxyl groups is 1. The first-order valence-corrected chi connectivity index (χ1v) is 6.99. The van der Waals surface area contributed by atoms with Gasteiger partial charge in [-0.3, -0.25) is 4.79 Å². The lowest BCUT2D eigenvalue weighted by Crippen LogP contribution is -2.18. The van der Waals surface area contributed by atoms with Gasteiger partial charge in [-0.05, 0) is 10.9 Å². The largest absolute Gasteiger partial charge is 0.396 e. The molecule has 1 atom stereocenters. The highest BCUT2D eigenvalue weighted by Gasteiger charge is 2.17. The van der Waals surface area contributed by atoms with Crippen LogP contribution in [0.3, 0.4) is 0 Å². The van der Waals surface area contributed by atoms with Crippen molar-refractivity contribution < 1.29 is 9.90 Å². The van der Waals surface area contributed by atoms with Crippen molar-refractivity contribution in [1.29, 1.82) is 0 Å². The van der Waals surface area contributed by atoms with E-state index in [1.54, 1.807) is 0 Å². The summed E-state index contributed by atoms with van der Waals surface area (Å²) >= 11 is 0. The molecular weight excluding hydrogens is 208 g/mol. The molecule has 1 aromatic carbocycles.